The Morgan fingerprint density at radius 3 is 2.83 bits per heavy atom. The van der Waals surface area contributed by atoms with Gasteiger partial charge >= 0.3 is 0 Å². The van der Waals surface area contributed by atoms with Crippen LogP contribution in [-0.2, 0) is 6.54 Å². The molecule has 0 aliphatic carbocycles. The molecule has 7 heteroatoms. The minimum Gasteiger partial charge on any atom is -0.508 e. The van der Waals surface area contributed by atoms with Gasteiger partial charge in [0.15, 0.2) is 10.8 Å². The van der Waals surface area contributed by atoms with Crippen LogP contribution in [0.3, 0.4) is 0 Å². The molecular weight excluding hydrogens is 310 g/mol. The number of anilines is 1. The Labute approximate surface area is 139 Å². The molecule has 0 aliphatic rings. The summed E-state index contributed by atoms with van der Waals surface area (Å²) in [7, 11) is 0. The number of thioether (sulfide) groups is 1. The summed E-state index contributed by atoms with van der Waals surface area (Å²) in [6.45, 7) is 4.79. The molecule has 0 atom stereocenters. The van der Waals surface area contributed by atoms with Gasteiger partial charge in [0.2, 0.25) is 5.95 Å². The van der Waals surface area contributed by atoms with Crippen LogP contribution >= 0.6 is 11.8 Å². The molecule has 0 fully saturated rings. The molecule has 0 aliphatic heterocycles. The Bertz CT molecular complexity index is 830. The zero-order valence-electron chi connectivity index (χ0n) is 13.3. The number of hydrogen-bond acceptors (Lipinski definition) is 6. The van der Waals surface area contributed by atoms with E-state index in [4.69, 9.17) is 0 Å². The Hall–Kier alpha value is -2.28. The lowest BCUT2D eigenvalue weighted by atomic mass is 10.1. The van der Waals surface area contributed by atoms with E-state index in [9.17, 15) is 5.11 Å². The number of phenols is 1. The summed E-state index contributed by atoms with van der Waals surface area (Å²) in [5, 5.41) is 18.0. The minimum absolute atomic E-state index is 0.253. The van der Waals surface area contributed by atoms with Crippen LogP contribution in [0, 0.1) is 0 Å². The standard InChI is InChI=1S/C16H19N5OS/c1-10(2)13-9-18-21-14(13)19-16(23-3)20-15(21)17-8-11-5-4-6-12(22)7-11/h4-7,9-10,22H,8H2,1-3H3,(H,17,19,20). The second kappa shape index (κ2) is 6.45. The Balaban J connectivity index is 1.96. The lowest BCUT2D eigenvalue weighted by molar-refractivity contribution is 0.474. The van der Waals surface area contributed by atoms with Crippen molar-refractivity contribution in [3.05, 3.63) is 41.6 Å². The summed E-state index contributed by atoms with van der Waals surface area (Å²) < 4.78 is 1.73. The molecule has 0 unspecified atom stereocenters. The zero-order chi connectivity index (χ0) is 16.4. The lowest BCUT2D eigenvalue weighted by Crippen LogP contribution is -2.09. The third-order valence-electron chi connectivity index (χ3n) is 3.54. The molecule has 1 aromatic carbocycles. The van der Waals surface area contributed by atoms with Crippen molar-refractivity contribution >= 4 is 23.4 Å². The SMILES string of the molecule is CSc1nc(NCc2cccc(O)c2)n2ncc(C(C)C)c2n1. The van der Waals surface area contributed by atoms with Crippen LogP contribution in [-0.4, -0.2) is 30.9 Å². The number of fused-ring (bicyclic) bond motifs is 1. The highest BCUT2D eigenvalue weighted by atomic mass is 32.2. The molecule has 0 bridgehead atoms. The molecule has 23 heavy (non-hydrogen) atoms. The fourth-order valence-electron chi connectivity index (χ4n) is 2.34. The van der Waals surface area contributed by atoms with Crippen LogP contribution in [0.15, 0.2) is 35.6 Å². The van der Waals surface area contributed by atoms with Crippen molar-refractivity contribution in [2.45, 2.75) is 31.5 Å². The van der Waals surface area contributed by atoms with Crippen molar-refractivity contribution < 1.29 is 5.11 Å². The summed E-state index contributed by atoms with van der Waals surface area (Å²) in [6, 6.07) is 7.15. The molecule has 3 aromatic rings. The average Bonchev–Trinajstić information content (AvgIpc) is 2.96. The topological polar surface area (TPSA) is 75.3 Å². The van der Waals surface area contributed by atoms with Crippen molar-refractivity contribution in [3.8, 4) is 5.75 Å². The summed E-state index contributed by atoms with van der Waals surface area (Å²) >= 11 is 1.50. The number of phenolic OH excluding ortho intramolecular Hbond substituents is 1. The first-order valence-electron chi connectivity index (χ1n) is 7.40. The fourth-order valence-corrected chi connectivity index (χ4v) is 2.69. The van der Waals surface area contributed by atoms with E-state index in [-0.39, 0.29) is 5.75 Å². The van der Waals surface area contributed by atoms with E-state index >= 15 is 0 Å². The number of hydrogen-bond donors (Lipinski definition) is 2. The quantitative estimate of drug-likeness (QED) is 0.700. The van der Waals surface area contributed by atoms with Crippen LogP contribution < -0.4 is 5.32 Å². The van der Waals surface area contributed by atoms with E-state index in [1.807, 2.05) is 24.6 Å². The van der Waals surface area contributed by atoms with Crippen molar-refractivity contribution in [2.75, 3.05) is 11.6 Å². The van der Waals surface area contributed by atoms with Crippen molar-refractivity contribution in [1.82, 2.24) is 19.6 Å². The van der Waals surface area contributed by atoms with Crippen LogP contribution in [0.4, 0.5) is 5.95 Å². The molecule has 2 aromatic heterocycles. The first-order valence-corrected chi connectivity index (χ1v) is 8.62. The second-order valence-corrected chi connectivity index (χ2v) is 6.32. The minimum atomic E-state index is 0.253. The summed E-state index contributed by atoms with van der Waals surface area (Å²) in [5.74, 6) is 1.24. The predicted octanol–water partition coefficient (Wildman–Crippen LogP) is 3.29. The average molecular weight is 329 g/mol. The van der Waals surface area contributed by atoms with E-state index in [2.05, 4.69) is 34.2 Å². The Morgan fingerprint density at radius 2 is 2.13 bits per heavy atom. The molecule has 0 spiro atoms. The Morgan fingerprint density at radius 1 is 1.30 bits per heavy atom. The van der Waals surface area contributed by atoms with Crippen molar-refractivity contribution in [3.63, 3.8) is 0 Å². The van der Waals surface area contributed by atoms with Gasteiger partial charge in [-0.1, -0.05) is 37.7 Å². The van der Waals surface area contributed by atoms with Crippen LogP contribution in [0.2, 0.25) is 0 Å². The monoisotopic (exact) mass is 329 g/mol. The fraction of sp³-hybridized carbons (Fsp3) is 0.312. The number of benzene rings is 1. The number of nitrogens with zero attached hydrogens (tertiary/aromatic N) is 4. The molecule has 2 heterocycles. The van der Waals surface area contributed by atoms with Gasteiger partial charge in [0.05, 0.1) is 6.20 Å². The molecule has 6 nitrogen and oxygen atoms in total. The molecule has 0 amide bonds. The van der Waals surface area contributed by atoms with Gasteiger partial charge in [0.1, 0.15) is 5.75 Å². The maximum atomic E-state index is 9.55. The van der Waals surface area contributed by atoms with Gasteiger partial charge in [0.25, 0.3) is 0 Å². The lowest BCUT2D eigenvalue weighted by Gasteiger charge is -2.10. The smallest absolute Gasteiger partial charge is 0.228 e. The van der Waals surface area contributed by atoms with Gasteiger partial charge in [-0.15, -0.1) is 0 Å². The maximum Gasteiger partial charge on any atom is 0.228 e. The van der Waals surface area contributed by atoms with Gasteiger partial charge in [-0.3, -0.25) is 0 Å². The van der Waals surface area contributed by atoms with E-state index < -0.39 is 0 Å². The van der Waals surface area contributed by atoms with Crippen LogP contribution in [0.5, 0.6) is 5.75 Å². The maximum absolute atomic E-state index is 9.55. The van der Waals surface area contributed by atoms with Gasteiger partial charge in [-0.2, -0.15) is 14.6 Å². The third-order valence-corrected chi connectivity index (χ3v) is 4.09. The first-order chi connectivity index (χ1) is 11.1. The second-order valence-electron chi connectivity index (χ2n) is 5.55. The normalized spacial score (nSPS) is 11.3. The molecule has 0 radical (unpaired) electrons. The van der Waals surface area contributed by atoms with Gasteiger partial charge in [-0.25, -0.2) is 4.98 Å². The van der Waals surface area contributed by atoms with Crippen LogP contribution in [0.1, 0.15) is 30.9 Å². The molecule has 0 saturated heterocycles. The highest BCUT2D eigenvalue weighted by molar-refractivity contribution is 7.98. The molecule has 0 saturated carbocycles. The van der Waals surface area contributed by atoms with E-state index in [0.717, 1.165) is 16.8 Å². The molecule has 2 N–H and O–H groups in total. The predicted molar refractivity (Wildman–Crippen MR) is 92.1 cm³/mol. The third kappa shape index (κ3) is 3.24. The number of aromatic hydroxyl groups is 1. The summed E-state index contributed by atoms with van der Waals surface area (Å²) in [5.41, 5.74) is 2.90. The first kappa shape index (κ1) is 15.6. The molecular formula is C16H19N5OS. The van der Waals surface area contributed by atoms with E-state index in [1.165, 1.54) is 11.8 Å². The highest BCUT2D eigenvalue weighted by Gasteiger charge is 2.14. The molecule has 120 valence electrons. The zero-order valence-corrected chi connectivity index (χ0v) is 14.1. The van der Waals surface area contributed by atoms with Gasteiger partial charge in [-0.05, 0) is 29.9 Å². The van der Waals surface area contributed by atoms with Crippen LogP contribution in [0.25, 0.3) is 5.65 Å². The molecule has 3 rings (SSSR count). The highest BCUT2D eigenvalue weighted by Crippen LogP contribution is 2.23. The number of rotatable bonds is 5. The Kier molecular flexibility index (Phi) is 4.38. The van der Waals surface area contributed by atoms with Gasteiger partial charge in [0, 0.05) is 12.1 Å². The van der Waals surface area contributed by atoms with E-state index in [0.29, 0.717) is 23.6 Å². The van der Waals surface area contributed by atoms with Crippen molar-refractivity contribution in [2.24, 2.45) is 0 Å². The van der Waals surface area contributed by atoms with Gasteiger partial charge < -0.3 is 10.4 Å². The number of nitrogens with one attached hydrogen (secondary N) is 1. The number of aromatic nitrogens is 4. The van der Waals surface area contributed by atoms with E-state index in [1.54, 1.807) is 16.6 Å². The largest absolute Gasteiger partial charge is 0.508 e. The van der Waals surface area contributed by atoms with Crippen molar-refractivity contribution in [1.29, 1.82) is 0 Å². The summed E-state index contributed by atoms with van der Waals surface area (Å²) in [4.78, 5) is 9.09. The summed E-state index contributed by atoms with van der Waals surface area (Å²) in [6.07, 6.45) is 3.80.